The first-order valence-electron chi connectivity index (χ1n) is 7.54. The molecule has 7 nitrogen and oxygen atoms in total. The maximum absolute atomic E-state index is 13.3. The summed E-state index contributed by atoms with van der Waals surface area (Å²) < 4.78 is 18.7. The Balaban J connectivity index is 1.68. The minimum atomic E-state index is -0.855. The van der Waals surface area contributed by atoms with E-state index in [9.17, 15) is 24.1 Å². The zero-order valence-corrected chi connectivity index (χ0v) is 16.0. The van der Waals surface area contributed by atoms with Crippen molar-refractivity contribution in [2.45, 2.75) is 0 Å². The summed E-state index contributed by atoms with van der Waals surface area (Å²) in [6, 6.07) is 7.42. The molecule has 144 valence electrons. The van der Waals surface area contributed by atoms with E-state index in [1.165, 1.54) is 30.3 Å². The van der Waals surface area contributed by atoms with Crippen molar-refractivity contribution in [3.8, 4) is 0 Å². The second kappa shape index (κ2) is 8.09. The average Bonchev–Trinajstić information content (AvgIpc) is 2.97. The highest BCUT2D eigenvalue weighted by Gasteiger charge is 2.20. The topological polar surface area (TPSA) is 98.5 Å². The van der Waals surface area contributed by atoms with Crippen LogP contribution in [0.2, 0.25) is 10.0 Å². The highest BCUT2D eigenvalue weighted by Crippen LogP contribution is 2.36. The van der Waals surface area contributed by atoms with Gasteiger partial charge in [0.15, 0.2) is 6.61 Å². The predicted octanol–water partition coefficient (Wildman–Crippen LogP) is 5.05. The number of nitro benzene ring substituents is 1. The number of benzene rings is 2. The van der Waals surface area contributed by atoms with E-state index >= 15 is 0 Å². The number of thiophene rings is 1. The lowest BCUT2D eigenvalue weighted by atomic mass is 10.2. The largest absolute Gasteiger partial charge is 0.451 e. The van der Waals surface area contributed by atoms with Crippen molar-refractivity contribution < 1.29 is 23.6 Å². The Morgan fingerprint density at radius 2 is 1.96 bits per heavy atom. The standard InChI is InChI=1S/C17H9Cl2FN2O5S/c18-11-4-2-9(22(25)26)6-12(11)21-14(23)7-27-17(24)16-15(19)10-3-1-8(20)5-13(10)28-16/h1-6H,7H2,(H,21,23). The molecule has 1 amide bonds. The van der Waals surface area contributed by atoms with Crippen LogP contribution in [-0.2, 0) is 9.53 Å². The van der Waals surface area contributed by atoms with Gasteiger partial charge in [0, 0.05) is 22.2 Å². The lowest BCUT2D eigenvalue weighted by Crippen LogP contribution is -2.21. The van der Waals surface area contributed by atoms with Crippen LogP contribution in [0.25, 0.3) is 10.1 Å². The molecule has 1 aromatic heterocycles. The Morgan fingerprint density at radius 1 is 1.21 bits per heavy atom. The molecular formula is C17H9Cl2FN2O5S. The van der Waals surface area contributed by atoms with E-state index in [4.69, 9.17) is 27.9 Å². The zero-order chi connectivity index (χ0) is 20.4. The van der Waals surface area contributed by atoms with Crippen LogP contribution in [0.3, 0.4) is 0 Å². The van der Waals surface area contributed by atoms with Crippen LogP contribution >= 0.6 is 34.5 Å². The molecule has 0 aliphatic carbocycles. The van der Waals surface area contributed by atoms with Gasteiger partial charge in [-0.3, -0.25) is 14.9 Å². The van der Waals surface area contributed by atoms with Crippen molar-refractivity contribution in [2.75, 3.05) is 11.9 Å². The first-order valence-corrected chi connectivity index (χ1v) is 9.12. The second-order valence-corrected chi connectivity index (χ2v) is 7.27. The summed E-state index contributed by atoms with van der Waals surface area (Å²) in [7, 11) is 0. The third-order valence-corrected chi connectivity index (χ3v) is 5.51. The smallest absolute Gasteiger partial charge is 0.350 e. The highest BCUT2D eigenvalue weighted by atomic mass is 35.5. The number of hydrogen-bond acceptors (Lipinski definition) is 6. The molecule has 0 unspecified atom stereocenters. The molecule has 11 heteroatoms. The summed E-state index contributed by atoms with van der Waals surface area (Å²) in [6.07, 6.45) is 0. The minimum absolute atomic E-state index is 0.00675. The fraction of sp³-hybridized carbons (Fsp3) is 0.0588. The van der Waals surface area contributed by atoms with E-state index < -0.39 is 29.2 Å². The average molecular weight is 443 g/mol. The van der Waals surface area contributed by atoms with E-state index in [-0.39, 0.29) is 26.3 Å². The van der Waals surface area contributed by atoms with Crippen LogP contribution in [0.5, 0.6) is 0 Å². The number of hydrogen-bond donors (Lipinski definition) is 1. The molecule has 0 radical (unpaired) electrons. The highest BCUT2D eigenvalue weighted by molar-refractivity contribution is 7.21. The van der Waals surface area contributed by atoms with Gasteiger partial charge in [0.2, 0.25) is 0 Å². The summed E-state index contributed by atoms with van der Waals surface area (Å²) in [5.41, 5.74) is -0.256. The number of esters is 1. The van der Waals surface area contributed by atoms with Gasteiger partial charge in [-0.2, -0.15) is 0 Å². The summed E-state index contributed by atoms with van der Waals surface area (Å²) in [5, 5.41) is 13.8. The number of carbonyl (C=O) groups excluding carboxylic acids is 2. The van der Waals surface area contributed by atoms with Crippen LogP contribution in [0.4, 0.5) is 15.8 Å². The normalized spacial score (nSPS) is 10.7. The molecule has 0 atom stereocenters. The second-order valence-electron chi connectivity index (χ2n) is 5.43. The number of ether oxygens (including phenoxy) is 1. The van der Waals surface area contributed by atoms with Gasteiger partial charge < -0.3 is 10.1 Å². The van der Waals surface area contributed by atoms with Crippen LogP contribution in [0, 0.1) is 15.9 Å². The minimum Gasteiger partial charge on any atom is -0.451 e. The molecule has 1 N–H and O–H groups in total. The number of nitro groups is 1. The molecule has 2 aromatic carbocycles. The maximum Gasteiger partial charge on any atom is 0.350 e. The number of anilines is 1. The Bertz CT molecular complexity index is 1120. The number of fused-ring (bicyclic) bond motifs is 1. The number of halogens is 3. The molecule has 3 rings (SSSR count). The SMILES string of the molecule is O=C(COC(=O)c1sc2cc(F)ccc2c1Cl)Nc1cc([N+](=O)[O-])ccc1Cl. The number of carbonyl (C=O) groups is 2. The number of nitrogens with one attached hydrogen (secondary N) is 1. The van der Waals surface area contributed by atoms with Crippen molar-refractivity contribution >= 4 is 67.9 Å². The van der Waals surface area contributed by atoms with Gasteiger partial charge in [-0.15, -0.1) is 11.3 Å². The summed E-state index contributed by atoms with van der Waals surface area (Å²) >= 11 is 12.9. The van der Waals surface area contributed by atoms with Gasteiger partial charge in [0.05, 0.1) is 20.7 Å². The van der Waals surface area contributed by atoms with Crippen LogP contribution < -0.4 is 5.32 Å². The lowest BCUT2D eigenvalue weighted by Gasteiger charge is -2.07. The Kier molecular flexibility index (Phi) is 5.78. The fourth-order valence-electron chi connectivity index (χ4n) is 2.28. The molecule has 0 aliphatic rings. The number of rotatable bonds is 5. The monoisotopic (exact) mass is 442 g/mol. The van der Waals surface area contributed by atoms with Gasteiger partial charge in [-0.1, -0.05) is 23.2 Å². The maximum atomic E-state index is 13.3. The van der Waals surface area contributed by atoms with Crippen molar-refractivity contribution in [3.05, 3.63) is 67.3 Å². The molecular weight excluding hydrogens is 434 g/mol. The van der Waals surface area contributed by atoms with Crippen molar-refractivity contribution in [3.63, 3.8) is 0 Å². The van der Waals surface area contributed by atoms with Gasteiger partial charge in [-0.25, -0.2) is 9.18 Å². The van der Waals surface area contributed by atoms with Crippen molar-refractivity contribution in [2.24, 2.45) is 0 Å². The third-order valence-electron chi connectivity index (χ3n) is 3.55. The Labute approximate surface area is 170 Å². The van der Waals surface area contributed by atoms with Gasteiger partial charge in [0.25, 0.3) is 11.6 Å². The van der Waals surface area contributed by atoms with E-state index in [1.54, 1.807) is 0 Å². The molecule has 28 heavy (non-hydrogen) atoms. The Hall–Kier alpha value is -2.75. The number of nitrogens with zero attached hydrogens (tertiary/aromatic N) is 1. The van der Waals surface area contributed by atoms with E-state index in [0.717, 1.165) is 17.4 Å². The van der Waals surface area contributed by atoms with Crippen LogP contribution in [0.15, 0.2) is 36.4 Å². The van der Waals surface area contributed by atoms with Gasteiger partial charge in [-0.05, 0) is 24.3 Å². The zero-order valence-electron chi connectivity index (χ0n) is 13.7. The fourth-order valence-corrected chi connectivity index (χ4v) is 3.87. The summed E-state index contributed by atoms with van der Waals surface area (Å²) in [4.78, 5) is 34.4. The van der Waals surface area contributed by atoms with Gasteiger partial charge >= 0.3 is 5.97 Å². The van der Waals surface area contributed by atoms with Crippen LogP contribution in [-0.4, -0.2) is 23.4 Å². The number of amides is 1. The van der Waals surface area contributed by atoms with E-state index in [2.05, 4.69) is 5.32 Å². The van der Waals surface area contributed by atoms with Crippen LogP contribution in [0.1, 0.15) is 9.67 Å². The Morgan fingerprint density at radius 3 is 2.68 bits per heavy atom. The molecule has 0 saturated carbocycles. The molecule has 0 saturated heterocycles. The molecule has 0 fully saturated rings. The number of non-ortho nitro benzene ring substituents is 1. The predicted molar refractivity (Wildman–Crippen MR) is 104 cm³/mol. The van der Waals surface area contributed by atoms with E-state index in [1.807, 2.05) is 0 Å². The quantitative estimate of drug-likeness (QED) is 0.338. The molecule has 3 aromatic rings. The molecule has 0 bridgehead atoms. The van der Waals surface area contributed by atoms with Gasteiger partial charge in [0.1, 0.15) is 10.7 Å². The lowest BCUT2D eigenvalue weighted by molar-refractivity contribution is -0.384. The van der Waals surface area contributed by atoms with Crippen molar-refractivity contribution in [1.82, 2.24) is 0 Å². The van der Waals surface area contributed by atoms with E-state index in [0.29, 0.717) is 10.1 Å². The first-order chi connectivity index (χ1) is 13.3. The first kappa shape index (κ1) is 20.0. The van der Waals surface area contributed by atoms with Crippen molar-refractivity contribution in [1.29, 1.82) is 0 Å². The molecule has 1 heterocycles. The third kappa shape index (κ3) is 4.22. The molecule has 0 aliphatic heterocycles. The summed E-state index contributed by atoms with van der Waals surface area (Å²) in [5.74, 6) is -2.08. The summed E-state index contributed by atoms with van der Waals surface area (Å²) in [6.45, 7) is -0.670. The molecule has 0 spiro atoms.